The average molecular weight is 463 g/mol. The van der Waals surface area contributed by atoms with Gasteiger partial charge < -0.3 is 0 Å². The maximum atomic E-state index is 10.2. The number of nitrogens with zero attached hydrogens (tertiary/aromatic N) is 1. The molecule has 1 saturated carbocycles. The van der Waals surface area contributed by atoms with Gasteiger partial charge in [-0.1, -0.05) is 0 Å². The number of halogens is 1. The van der Waals surface area contributed by atoms with Crippen LogP contribution in [0.4, 0.5) is 0 Å². The van der Waals surface area contributed by atoms with Crippen LogP contribution in [0.2, 0.25) is 0 Å². The van der Waals surface area contributed by atoms with Crippen LogP contribution in [0.3, 0.4) is 0 Å². The molecule has 26 heavy (non-hydrogen) atoms. The molecule has 2 aliphatic heterocycles. The second-order valence-electron chi connectivity index (χ2n) is 9.05. The van der Waals surface area contributed by atoms with Crippen molar-refractivity contribution in [3.8, 4) is 0 Å². The summed E-state index contributed by atoms with van der Waals surface area (Å²) in [5, 5.41) is 10.2. The molecular weight excluding hydrogens is 433 g/mol. The van der Waals surface area contributed by atoms with E-state index < -0.39 is 19.8 Å². The second-order valence-corrected chi connectivity index (χ2v) is 16.2. The van der Waals surface area contributed by atoms with Crippen LogP contribution in [0.5, 0.6) is 0 Å². The number of aliphatic hydroxyl groups excluding tert-OH is 1. The quantitative estimate of drug-likeness (QED) is 0.344. The fourth-order valence-electron chi connectivity index (χ4n) is 6.29. The number of hydrogen-bond acceptors (Lipinski definition) is 2. The predicted molar refractivity (Wildman–Crippen MR) is 117 cm³/mol. The number of allylic oxidation sites excluding steroid dienone is 3. The zero-order valence-corrected chi connectivity index (χ0v) is 18.1. The number of aromatic nitrogens is 1. The second kappa shape index (κ2) is 6.16. The molecule has 2 aliphatic carbocycles. The molecule has 2 fully saturated rings. The molecule has 0 spiro atoms. The molecule has 3 heterocycles. The first-order chi connectivity index (χ1) is 12.5. The van der Waals surface area contributed by atoms with E-state index in [1.165, 1.54) is 35.7 Å². The Kier molecular flexibility index (Phi) is 4.13. The number of alkyl halides is 3. The molecule has 4 aliphatic rings. The van der Waals surface area contributed by atoms with Crippen LogP contribution in [0.25, 0.3) is 5.57 Å². The molecule has 0 radical (unpaired) electrons. The Morgan fingerprint density at radius 2 is 2.08 bits per heavy atom. The van der Waals surface area contributed by atoms with Crippen molar-refractivity contribution in [3.05, 3.63) is 47.8 Å². The van der Waals surface area contributed by atoms with Crippen LogP contribution in [0.1, 0.15) is 57.9 Å². The van der Waals surface area contributed by atoms with Crippen molar-refractivity contribution in [1.82, 2.24) is 4.98 Å². The molecule has 140 valence electrons. The van der Waals surface area contributed by atoms with E-state index in [4.69, 9.17) is 0 Å². The van der Waals surface area contributed by atoms with Crippen molar-refractivity contribution < 1.29 is 5.11 Å². The molecule has 1 aromatic heterocycles. The van der Waals surface area contributed by atoms with Gasteiger partial charge in [-0.05, 0) is 0 Å². The number of hydrogen-bond donors (Lipinski definition) is 1. The van der Waals surface area contributed by atoms with Crippen molar-refractivity contribution in [2.75, 3.05) is 4.43 Å². The van der Waals surface area contributed by atoms with Crippen LogP contribution in [-0.2, 0) is 0 Å². The van der Waals surface area contributed by atoms with Gasteiger partial charge in [0.1, 0.15) is 0 Å². The third-order valence-electron chi connectivity index (χ3n) is 7.81. The molecule has 5 unspecified atom stereocenters. The van der Waals surface area contributed by atoms with E-state index in [0.717, 1.165) is 22.7 Å². The molecule has 3 heteroatoms. The summed E-state index contributed by atoms with van der Waals surface area (Å²) in [6.07, 6.45) is 16.2. The molecule has 0 amide bonds. The van der Waals surface area contributed by atoms with Gasteiger partial charge in [-0.15, -0.1) is 0 Å². The maximum absolute atomic E-state index is 10.2. The van der Waals surface area contributed by atoms with Gasteiger partial charge in [-0.3, -0.25) is 0 Å². The summed E-state index contributed by atoms with van der Waals surface area (Å²) in [6.45, 7) is 5.12. The monoisotopic (exact) mass is 463 g/mol. The SMILES string of the molecule is CC12CCC(O)CC1=CCC1C2CCC2(C)C(c3cccnc3)=CCI12. The molecule has 5 rings (SSSR count). The van der Waals surface area contributed by atoms with Gasteiger partial charge in [0.15, 0.2) is 0 Å². The summed E-state index contributed by atoms with van der Waals surface area (Å²) in [6, 6.07) is 4.35. The number of rotatable bonds is 1. The van der Waals surface area contributed by atoms with Crippen LogP contribution >= 0.6 is 19.8 Å². The normalized spacial score (nSPS) is 43.0. The predicted octanol–water partition coefficient (Wildman–Crippen LogP) is 5.40. The Bertz CT molecular complexity index is 772. The third-order valence-corrected chi connectivity index (χ3v) is 16.7. The van der Waals surface area contributed by atoms with E-state index in [2.05, 4.69) is 49.3 Å². The zero-order chi connectivity index (χ0) is 17.9. The van der Waals surface area contributed by atoms with Crippen molar-refractivity contribution in [2.24, 2.45) is 11.3 Å². The first kappa shape index (κ1) is 17.4. The third kappa shape index (κ3) is 2.42. The molecule has 1 aromatic rings. The first-order valence-electron chi connectivity index (χ1n) is 10.2. The fourth-order valence-corrected chi connectivity index (χ4v) is 15.9. The Hall–Kier alpha value is -0.680. The van der Waals surface area contributed by atoms with Crippen LogP contribution < -0.4 is 0 Å². The Balaban J connectivity index is 1.48. The van der Waals surface area contributed by atoms with Crippen molar-refractivity contribution in [3.63, 3.8) is 0 Å². The van der Waals surface area contributed by atoms with Crippen LogP contribution in [0, 0.1) is 11.3 Å². The van der Waals surface area contributed by atoms with Gasteiger partial charge >= 0.3 is 165 Å². The fraction of sp³-hybridized carbons (Fsp3) is 0.609. The summed E-state index contributed by atoms with van der Waals surface area (Å²) in [7, 11) is 0. The Morgan fingerprint density at radius 1 is 1.19 bits per heavy atom. The summed E-state index contributed by atoms with van der Waals surface area (Å²) in [4.78, 5) is 4.39. The summed E-state index contributed by atoms with van der Waals surface area (Å²) in [5.74, 6) is 0.870. The minimum absolute atomic E-state index is 0.0936. The Morgan fingerprint density at radius 3 is 2.88 bits per heavy atom. The van der Waals surface area contributed by atoms with E-state index in [9.17, 15) is 5.11 Å². The molecule has 0 bridgehead atoms. The van der Waals surface area contributed by atoms with Gasteiger partial charge in [0, 0.05) is 0 Å². The summed E-state index contributed by atoms with van der Waals surface area (Å²) in [5.41, 5.74) is 4.95. The molecule has 2 nitrogen and oxygen atoms in total. The van der Waals surface area contributed by atoms with Crippen molar-refractivity contribution in [2.45, 2.75) is 65.8 Å². The molecule has 5 atom stereocenters. The number of pyridine rings is 1. The van der Waals surface area contributed by atoms with Gasteiger partial charge in [0.2, 0.25) is 0 Å². The molecular formula is C23H30INO. The van der Waals surface area contributed by atoms with Crippen molar-refractivity contribution in [1.29, 1.82) is 0 Å². The molecule has 1 N–H and O–H groups in total. The summed E-state index contributed by atoms with van der Waals surface area (Å²) < 4.78 is 2.80. The topological polar surface area (TPSA) is 33.1 Å². The van der Waals surface area contributed by atoms with Crippen LogP contribution in [-0.4, -0.2) is 28.0 Å². The van der Waals surface area contributed by atoms with E-state index in [-0.39, 0.29) is 6.10 Å². The van der Waals surface area contributed by atoms with E-state index >= 15 is 0 Å². The minimum atomic E-state index is -1.14. The van der Waals surface area contributed by atoms with Gasteiger partial charge in [0.25, 0.3) is 0 Å². The van der Waals surface area contributed by atoms with E-state index in [1.807, 2.05) is 6.20 Å². The van der Waals surface area contributed by atoms with E-state index in [0.29, 0.717) is 8.84 Å². The standard InChI is InChI=1S/C23H30INO/c1-22-10-7-18(26)14-17(22)5-6-21-20(22)8-11-23(2)19(9-12-24(21)23)16-4-3-13-25-15-16/h3-5,9,13,15,18,20-21,26H,6-8,10-12,14H2,1-2H3. The van der Waals surface area contributed by atoms with Gasteiger partial charge in [-0.25, -0.2) is 0 Å². The Labute approximate surface area is 164 Å². The number of aliphatic hydroxyl groups is 1. The van der Waals surface area contributed by atoms with E-state index in [1.54, 1.807) is 11.1 Å². The average Bonchev–Trinajstić information content (AvgIpc) is 3.00. The first-order valence-corrected chi connectivity index (χ1v) is 14.0. The molecule has 1 saturated heterocycles. The summed E-state index contributed by atoms with van der Waals surface area (Å²) >= 11 is -1.14. The van der Waals surface area contributed by atoms with Crippen molar-refractivity contribution >= 4 is 25.4 Å². The zero-order valence-electron chi connectivity index (χ0n) is 15.9. The van der Waals surface area contributed by atoms with Crippen LogP contribution in [0.15, 0.2) is 42.3 Å². The van der Waals surface area contributed by atoms with Gasteiger partial charge in [-0.2, -0.15) is 0 Å². The number of fused-ring (bicyclic) bond motifs is 5. The van der Waals surface area contributed by atoms with Gasteiger partial charge in [0.05, 0.1) is 0 Å². The molecule has 0 aromatic carbocycles.